The van der Waals surface area contributed by atoms with Gasteiger partial charge in [0.25, 0.3) is 0 Å². The minimum Gasteiger partial charge on any atom is -0.310 e. The fraction of sp³-hybridized carbons (Fsp3) is 0.0938. The maximum atomic E-state index is 2.36. The lowest BCUT2D eigenvalue weighted by Gasteiger charge is -2.27. The van der Waals surface area contributed by atoms with Gasteiger partial charge >= 0.3 is 0 Å². The molecule has 0 unspecified atom stereocenters. The Morgan fingerprint density at radius 2 is 0.667 bits per heavy atom. The highest BCUT2D eigenvalue weighted by molar-refractivity contribution is 5.91. The summed E-state index contributed by atoms with van der Waals surface area (Å²) in [5.41, 5.74) is 21.3. The molecule has 0 aliphatic rings. The van der Waals surface area contributed by atoms with Gasteiger partial charge in [0, 0.05) is 34.1 Å². The second-order valence-electron chi connectivity index (χ2n) is 16.9. The Kier molecular flexibility index (Phi) is 13.3. The van der Waals surface area contributed by atoms with E-state index >= 15 is 0 Å². The molecule has 0 fully saturated rings. The van der Waals surface area contributed by atoms with E-state index in [1.54, 1.807) is 0 Å². The molecular weight excluding hydrogens is 797 g/mol. The Labute approximate surface area is 392 Å². The standard InChI is InChI=1S/C64H56N2/c1-5-49-29-37-59(38-30-49)65(57-23-15-9-16-24-57)63-41-33-51(43-47(63)3)27-35-55-45-62(54-21-13-8-14-22-54)56(46-61(55)53-19-11-7-12-20-53)36-28-52-34-42-64(48(4)44-52)66(58-25-17-10-18-26-58)60-39-31-50(6-2)32-40-60/h7-46H,5-6H2,1-4H3/b35-27-,36-28-. The molecule has 322 valence electrons. The summed E-state index contributed by atoms with van der Waals surface area (Å²) in [7, 11) is 0. The van der Waals surface area contributed by atoms with Gasteiger partial charge in [-0.3, -0.25) is 0 Å². The second-order valence-corrected chi connectivity index (χ2v) is 16.9. The lowest BCUT2D eigenvalue weighted by molar-refractivity contribution is 1.13. The molecule has 0 bridgehead atoms. The molecule has 0 atom stereocenters. The van der Waals surface area contributed by atoms with Crippen molar-refractivity contribution in [2.75, 3.05) is 9.80 Å². The van der Waals surface area contributed by atoms with Crippen LogP contribution in [-0.4, -0.2) is 0 Å². The van der Waals surface area contributed by atoms with Crippen LogP contribution in [0.4, 0.5) is 34.1 Å². The lowest BCUT2D eigenvalue weighted by Crippen LogP contribution is -2.11. The van der Waals surface area contributed by atoms with E-state index in [-0.39, 0.29) is 0 Å². The van der Waals surface area contributed by atoms with Crippen LogP contribution in [0.3, 0.4) is 0 Å². The SMILES string of the molecule is CCc1ccc(N(c2ccccc2)c2ccc(/C=C\c3cc(-c4ccccc4)c(/C=C\c4ccc(N(c5ccccc5)c5ccc(CC)cc5)c(C)c4)cc3-c3ccccc3)cc2C)cc1. The highest BCUT2D eigenvalue weighted by Crippen LogP contribution is 2.40. The first kappa shape index (κ1) is 43.3. The molecule has 0 amide bonds. The van der Waals surface area contributed by atoms with E-state index < -0.39 is 0 Å². The zero-order valence-electron chi connectivity index (χ0n) is 38.4. The van der Waals surface area contributed by atoms with Crippen molar-refractivity contribution in [2.45, 2.75) is 40.5 Å². The average molecular weight is 853 g/mol. The summed E-state index contributed by atoms with van der Waals surface area (Å²) in [6, 6.07) is 79.0. The summed E-state index contributed by atoms with van der Waals surface area (Å²) in [4.78, 5) is 4.71. The molecule has 0 heterocycles. The molecule has 0 aromatic heterocycles. The third kappa shape index (κ3) is 9.75. The number of para-hydroxylation sites is 2. The predicted molar refractivity (Wildman–Crippen MR) is 286 cm³/mol. The molecular formula is C64H56N2. The first-order valence-electron chi connectivity index (χ1n) is 23.2. The van der Waals surface area contributed by atoms with Crippen molar-refractivity contribution in [3.05, 3.63) is 263 Å². The van der Waals surface area contributed by atoms with Gasteiger partial charge in [-0.25, -0.2) is 0 Å². The van der Waals surface area contributed by atoms with Crippen molar-refractivity contribution in [1.82, 2.24) is 0 Å². The third-order valence-electron chi connectivity index (χ3n) is 12.5. The smallest absolute Gasteiger partial charge is 0.0491 e. The Balaban J connectivity index is 1.08. The van der Waals surface area contributed by atoms with Crippen LogP contribution < -0.4 is 9.80 Å². The number of anilines is 6. The quantitative estimate of drug-likeness (QED) is 0.101. The molecule has 0 aliphatic heterocycles. The molecule has 9 aromatic rings. The van der Waals surface area contributed by atoms with Gasteiger partial charge in [0.1, 0.15) is 0 Å². The van der Waals surface area contributed by atoms with Gasteiger partial charge in [-0.05, 0) is 178 Å². The summed E-state index contributed by atoms with van der Waals surface area (Å²) in [5, 5.41) is 0. The van der Waals surface area contributed by atoms with Crippen molar-refractivity contribution >= 4 is 58.4 Å². The van der Waals surface area contributed by atoms with Gasteiger partial charge < -0.3 is 9.80 Å². The van der Waals surface area contributed by atoms with Crippen LogP contribution in [0.25, 0.3) is 46.6 Å². The Morgan fingerprint density at radius 3 is 1.00 bits per heavy atom. The van der Waals surface area contributed by atoms with Crippen LogP contribution in [0, 0.1) is 13.8 Å². The Hall–Kier alpha value is -7.94. The topological polar surface area (TPSA) is 6.48 Å². The molecule has 0 aliphatic carbocycles. The summed E-state index contributed by atoms with van der Waals surface area (Å²) in [6.07, 6.45) is 11.1. The Bertz CT molecular complexity index is 2860. The number of rotatable bonds is 14. The summed E-state index contributed by atoms with van der Waals surface area (Å²) in [5.74, 6) is 0. The van der Waals surface area contributed by atoms with Gasteiger partial charge in [-0.15, -0.1) is 0 Å². The van der Waals surface area contributed by atoms with E-state index in [0.717, 1.165) is 69.2 Å². The zero-order chi connectivity index (χ0) is 45.2. The van der Waals surface area contributed by atoms with Crippen LogP contribution in [0.5, 0.6) is 0 Å². The summed E-state index contributed by atoms with van der Waals surface area (Å²) >= 11 is 0. The van der Waals surface area contributed by atoms with Gasteiger partial charge in [0.15, 0.2) is 0 Å². The molecule has 0 spiro atoms. The first-order chi connectivity index (χ1) is 32.4. The fourth-order valence-corrected chi connectivity index (χ4v) is 8.85. The van der Waals surface area contributed by atoms with Crippen LogP contribution in [-0.2, 0) is 12.8 Å². The Morgan fingerprint density at radius 1 is 0.333 bits per heavy atom. The maximum Gasteiger partial charge on any atom is 0.0491 e. The molecule has 0 saturated carbocycles. The van der Waals surface area contributed by atoms with E-state index in [2.05, 4.69) is 280 Å². The monoisotopic (exact) mass is 852 g/mol. The summed E-state index contributed by atoms with van der Waals surface area (Å²) < 4.78 is 0. The van der Waals surface area contributed by atoms with Gasteiger partial charge in [0.05, 0.1) is 0 Å². The molecule has 9 aromatic carbocycles. The highest BCUT2D eigenvalue weighted by Gasteiger charge is 2.17. The van der Waals surface area contributed by atoms with Crippen molar-refractivity contribution < 1.29 is 0 Å². The normalized spacial score (nSPS) is 11.3. The van der Waals surface area contributed by atoms with Crippen LogP contribution in [0.15, 0.2) is 218 Å². The van der Waals surface area contributed by atoms with Crippen LogP contribution >= 0.6 is 0 Å². The van der Waals surface area contributed by atoms with Gasteiger partial charge in [-0.1, -0.05) is 172 Å². The molecule has 0 radical (unpaired) electrons. The van der Waals surface area contributed by atoms with E-state index in [1.807, 2.05) is 0 Å². The number of benzene rings is 9. The van der Waals surface area contributed by atoms with E-state index in [4.69, 9.17) is 0 Å². The van der Waals surface area contributed by atoms with E-state index in [0.29, 0.717) is 0 Å². The number of nitrogens with zero attached hydrogens (tertiary/aromatic N) is 2. The number of hydrogen-bond acceptors (Lipinski definition) is 2. The molecule has 66 heavy (non-hydrogen) atoms. The van der Waals surface area contributed by atoms with E-state index in [1.165, 1.54) is 44.5 Å². The van der Waals surface area contributed by atoms with Crippen molar-refractivity contribution in [2.24, 2.45) is 0 Å². The summed E-state index contributed by atoms with van der Waals surface area (Å²) in [6.45, 7) is 8.83. The number of hydrogen-bond donors (Lipinski definition) is 0. The predicted octanol–water partition coefficient (Wildman–Crippen LogP) is 18.0. The van der Waals surface area contributed by atoms with Crippen molar-refractivity contribution in [3.8, 4) is 22.3 Å². The van der Waals surface area contributed by atoms with Crippen LogP contribution in [0.1, 0.15) is 58.4 Å². The highest BCUT2D eigenvalue weighted by atomic mass is 15.1. The number of aryl methyl sites for hydroxylation is 4. The zero-order valence-corrected chi connectivity index (χ0v) is 38.4. The first-order valence-corrected chi connectivity index (χ1v) is 23.2. The maximum absolute atomic E-state index is 2.36. The average Bonchev–Trinajstić information content (AvgIpc) is 3.38. The van der Waals surface area contributed by atoms with Gasteiger partial charge in [0.2, 0.25) is 0 Å². The third-order valence-corrected chi connectivity index (χ3v) is 12.5. The molecule has 9 rings (SSSR count). The molecule has 2 heteroatoms. The van der Waals surface area contributed by atoms with Gasteiger partial charge in [-0.2, -0.15) is 0 Å². The van der Waals surface area contributed by atoms with E-state index in [9.17, 15) is 0 Å². The largest absolute Gasteiger partial charge is 0.310 e. The van der Waals surface area contributed by atoms with Crippen molar-refractivity contribution in [1.29, 1.82) is 0 Å². The molecule has 0 N–H and O–H groups in total. The minimum atomic E-state index is 1.02. The van der Waals surface area contributed by atoms with Crippen LogP contribution in [0.2, 0.25) is 0 Å². The second kappa shape index (κ2) is 20.3. The lowest BCUT2D eigenvalue weighted by atomic mass is 9.90. The fourth-order valence-electron chi connectivity index (χ4n) is 8.85. The minimum absolute atomic E-state index is 1.02. The molecule has 2 nitrogen and oxygen atoms in total. The van der Waals surface area contributed by atoms with Crippen molar-refractivity contribution in [3.63, 3.8) is 0 Å². The molecule has 0 saturated heterocycles.